The Bertz CT molecular complexity index is 453. The van der Waals surface area contributed by atoms with Gasteiger partial charge in [-0.3, -0.25) is 0 Å². The Morgan fingerprint density at radius 2 is 1.90 bits per heavy atom. The van der Waals surface area contributed by atoms with Crippen LogP contribution in [0.15, 0.2) is 24.3 Å². The molecule has 0 unspecified atom stereocenters. The van der Waals surface area contributed by atoms with E-state index in [0.29, 0.717) is 17.7 Å². The van der Waals surface area contributed by atoms with Gasteiger partial charge in [0.15, 0.2) is 5.79 Å². The van der Waals surface area contributed by atoms with Crippen molar-refractivity contribution in [2.24, 2.45) is 0 Å². The zero-order chi connectivity index (χ0) is 14.5. The summed E-state index contributed by atoms with van der Waals surface area (Å²) in [4.78, 5) is 0. The van der Waals surface area contributed by atoms with Crippen LogP contribution in [0.4, 0.5) is 0 Å². The number of benzene rings is 1. The molecule has 0 atom stereocenters. The van der Waals surface area contributed by atoms with Crippen LogP contribution in [0.5, 0.6) is 5.75 Å². The number of halogens is 1. The summed E-state index contributed by atoms with van der Waals surface area (Å²) in [6.45, 7) is 2.93. The second-order valence-corrected chi connectivity index (χ2v) is 6.02. The maximum Gasteiger partial charge on any atom is 0.168 e. The van der Waals surface area contributed by atoms with Crippen molar-refractivity contribution >= 4 is 11.6 Å². The summed E-state index contributed by atoms with van der Waals surface area (Å²) in [6.07, 6.45) is 4.14. The van der Waals surface area contributed by atoms with Gasteiger partial charge < -0.3 is 19.5 Å². The summed E-state index contributed by atoms with van der Waals surface area (Å²) < 4.78 is 17.2. The van der Waals surface area contributed by atoms with Gasteiger partial charge in [0.2, 0.25) is 0 Å². The smallest absolute Gasteiger partial charge is 0.168 e. The topological polar surface area (TPSA) is 39.7 Å². The van der Waals surface area contributed by atoms with Crippen molar-refractivity contribution in [2.75, 3.05) is 26.4 Å². The van der Waals surface area contributed by atoms with Crippen LogP contribution in [0.2, 0.25) is 5.02 Å². The third-order valence-corrected chi connectivity index (χ3v) is 4.50. The van der Waals surface area contributed by atoms with Crippen molar-refractivity contribution < 1.29 is 14.2 Å². The molecule has 21 heavy (non-hydrogen) atoms. The van der Waals surface area contributed by atoms with Crippen molar-refractivity contribution in [1.29, 1.82) is 0 Å². The van der Waals surface area contributed by atoms with Crippen molar-refractivity contribution in [1.82, 2.24) is 5.32 Å². The quantitative estimate of drug-likeness (QED) is 0.849. The molecule has 1 aliphatic carbocycles. The fraction of sp³-hybridized carbons (Fsp3) is 0.625. The van der Waals surface area contributed by atoms with Gasteiger partial charge in [-0.15, -0.1) is 0 Å². The zero-order valence-corrected chi connectivity index (χ0v) is 12.9. The predicted molar refractivity (Wildman–Crippen MR) is 81.8 cm³/mol. The predicted octanol–water partition coefficient (Wildman–Crippen LogP) is 2.99. The van der Waals surface area contributed by atoms with E-state index in [2.05, 4.69) is 5.32 Å². The van der Waals surface area contributed by atoms with Crippen LogP contribution < -0.4 is 10.1 Å². The lowest BCUT2D eigenvalue weighted by Crippen LogP contribution is -2.43. The monoisotopic (exact) mass is 311 g/mol. The van der Waals surface area contributed by atoms with E-state index in [-0.39, 0.29) is 5.79 Å². The molecule has 116 valence electrons. The van der Waals surface area contributed by atoms with Gasteiger partial charge in [-0.05, 0) is 25.0 Å². The van der Waals surface area contributed by atoms with E-state index < -0.39 is 0 Å². The highest BCUT2D eigenvalue weighted by molar-refractivity contribution is 6.32. The van der Waals surface area contributed by atoms with E-state index >= 15 is 0 Å². The summed E-state index contributed by atoms with van der Waals surface area (Å²) in [5, 5.41) is 4.20. The first-order valence-electron chi connectivity index (χ1n) is 7.66. The van der Waals surface area contributed by atoms with Crippen molar-refractivity contribution in [2.45, 2.75) is 37.5 Å². The number of nitrogens with one attached hydrogen (secondary N) is 1. The van der Waals surface area contributed by atoms with Gasteiger partial charge in [0.25, 0.3) is 0 Å². The molecule has 2 aliphatic rings. The first kappa shape index (κ1) is 15.1. The standard InChI is InChI=1S/C16H22ClNO3/c17-14-3-1-2-4-15(14)19-10-9-18-13-5-7-16(8-6-13)20-11-12-21-16/h1-4,13,18H,5-12H2. The number of rotatable bonds is 5. The molecule has 1 aromatic carbocycles. The van der Waals surface area contributed by atoms with E-state index in [4.69, 9.17) is 25.8 Å². The highest BCUT2D eigenvalue weighted by Crippen LogP contribution is 2.35. The highest BCUT2D eigenvalue weighted by atomic mass is 35.5. The molecule has 0 amide bonds. The van der Waals surface area contributed by atoms with Gasteiger partial charge in [0.1, 0.15) is 12.4 Å². The number of hydrogen-bond donors (Lipinski definition) is 1. The molecule has 0 bridgehead atoms. The average Bonchev–Trinajstić information content (AvgIpc) is 2.96. The van der Waals surface area contributed by atoms with E-state index in [1.807, 2.05) is 24.3 Å². The number of ether oxygens (including phenoxy) is 3. The molecule has 1 heterocycles. The van der Waals surface area contributed by atoms with Gasteiger partial charge >= 0.3 is 0 Å². The highest BCUT2D eigenvalue weighted by Gasteiger charge is 2.39. The van der Waals surface area contributed by atoms with Crippen molar-refractivity contribution in [3.8, 4) is 5.75 Å². The minimum Gasteiger partial charge on any atom is -0.491 e. The second kappa shape index (κ2) is 6.97. The lowest BCUT2D eigenvalue weighted by Gasteiger charge is -2.35. The van der Waals surface area contributed by atoms with Gasteiger partial charge in [0, 0.05) is 25.4 Å². The molecule has 1 saturated heterocycles. The summed E-state index contributed by atoms with van der Waals surface area (Å²) in [5.41, 5.74) is 0. The molecule has 1 saturated carbocycles. The molecule has 1 aromatic rings. The van der Waals surface area contributed by atoms with Gasteiger partial charge in [-0.2, -0.15) is 0 Å². The normalized spacial score (nSPS) is 21.8. The van der Waals surface area contributed by atoms with Crippen LogP contribution in [0.3, 0.4) is 0 Å². The zero-order valence-electron chi connectivity index (χ0n) is 12.1. The third kappa shape index (κ3) is 3.89. The number of hydrogen-bond acceptors (Lipinski definition) is 4. The van der Waals surface area contributed by atoms with Crippen LogP contribution in [-0.4, -0.2) is 38.2 Å². The Balaban J connectivity index is 1.34. The third-order valence-electron chi connectivity index (χ3n) is 4.19. The summed E-state index contributed by atoms with van der Waals surface area (Å²) in [6, 6.07) is 8.08. The lowest BCUT2D eigenvalue weighted by molar-refractivity contribution is -0.179. The van der Waals surface area contributed by atoms with Crippen LogP contribution in [-0.2, 0) is 9.47 Å². The molecule has 1 N–H and O–H groups in total. The fourth-order valence-electron chi connectivity index (χ4n) is 3.03. The van der Waals surface area contributed by atoms with Gasteiger partial charge in [-0.1, -0.05) is 23.7 Å². The molecule has 0 aromatic heterocycles. The fourth-order valence-corrected chi connectivity index (χ4v) is 3.22. The molecule has 4 nitrogen and oxygen atoms in total. The van der Waals surface area contributed by atoms with Crippen molar-refractivity contribution in [3.63, 3.8) is 0 Å². The Kier molecular flexibility index (Phi) is 5.01. The largest absolute Gasteiger partial charge is 0.491 e. The summed E-state index contributed by atoms with van der Waals surface area (Å²) in [5.74, 6) is 0.475. The van der Waals surface area contributed by atoms with Crippen LogP contribution in [0.25, 0.3) is 0 Å². The Labute approximate surface area is 130 Å². The van der Waals surface area contributed by atoms with Crippen LogP contribution >= 0.6 is 11.6 Å². The maximum absolute atomic E-state index is 6.05. The molecular formula is C16H22ClNO3. The Hall–Kier alpha value is -0.810. The lowest BCUT2D eigenvalue weighted by atomic mass is 9.90. The van der Waals surface area contributed by atoms with Crippen LogP contribution in [0, 0.1) is 0 Å². The molecule has 1 spiro atoms. The first-order valence-corrected chi connectivity index (χ1v) is 8.04. The average molecular weight is 312 g/mol. The second-order valence-electron chi connectivity index (χ2n) is 5.61. The SMILES string of the molecule is Clc1ccccc1OCCNC1CCC2(CC1)OCCO2. The van der Waals surface area contributed by atoms with E-state index in [1.54, 1.807) is 0 Å². The minimum absolute atomic E-state index is 0.272. The van der Waals surface area contributed by atoms with E-state index in [0.717, 1.165) is 51.2 Å². The molecule has 2 fully saturated rings. The molecule has 3 rings (SSSR count). The van der Waals surface area contributed by atoms with Gasteiger partial charge in [-0.25, -0.2) is 0 Å². The van der Waals surface area contributed by atoms with Crippen LogP contribution in [0.1, 0.15) is 25.7 Å². The first-order chi connectivity index (χ1) is 10.3. The molecular weight excluding hydrogens is 290 g/mol. The minimum atomic E-state index is -0.272. The molecule has 1 aliphatic heterocycles. The Morgan fingerprint density at radius 3 is 2.62 bits per heavy atom. The maximum atomic E-state index is 6.05. The van der Waals surface area contributed by atoms with E-state index in [1.165, 1.54) is 0 Å². The molecule has 5 heteroatoms. The van der Waals surface area contributed by atoms with E-state index in [9.17, 15) is 0 Å². The summed E-state index contributed by atoms with van der Waals surface area (Å²) >= 11 is 6.05. The number of para-hydroxylation sites is 1. The molecule has 0 radical (unpaired) electrons. The van der Waals surface area contributed by atoms with Crippen molar-refractivity contribution in [3.05, 3.63) is 29.3 Å². The Morgan fingerprint density at radius 1 is 1.19 bits per heavy atom. The summed E-state index contributed by atoms with van der Waals surface area (Å²) in [7, 11) is 0. The van der Waals surface area contributed by atoms with Gasteiger partial charge in [0.05, 0.1) is 18.2 Å².